The van der Waals surface area contributed by atoms with Gasteiger partial charge in [0.05, 0.1) is 41.6 Å². The van der Waals surface area contributed by atoms with Crippen LogP contribution < -0.4 is 5.73 Å². The van der Waals surface area contributed by atoms with Gasteiger partial charge in [-0.3, -0.25) is 4.98 Å². The van der Waals surface area contributed by atoms with E-state index in [2.05, 4.69) is 20.1 Å². The predicted octanol–water partition coefficient (Wildman–Crippen LogP) is 1.83. The van der Waals surface area contributed by atoms with Crippen LogP contribution in [-0.4, -0.2) is 29.8 Å². The molecule has 1 aromatic carbocycles. The first kappa shape index (κ1) is 15.4. The number of nitrogens with zero attached hydrogens (tertiary/aromatic N) is 5. The Balaban J connectivity index is 1.84. The van der Waals surface area contributed by atoms with Crippen LogP contribution in [-0.2, 0) is 13.2 Å². The van der Waals surface area contributed by atoms with Crippen molar-refractivity contribution in [2.24, 2.45) is 5.73 Å². The van der Waals surface area contributed by atoms with Gasteiger partial charge in [0, 0.05) is 23.7 Å². The molecule has 124 valence electrons. The zero-order valence-corrected chi connectivity index (χ0v) is 13.4. The summed E-state index contributed by atoms with van der Waals surface area (Å²) in [4.78, 5) is 13.1. The molecule has 0 fully saturated rings. The molecule has 7 heteroatoms. The highest BCUT2D eigenvalue weighted by Crippen LogP contribution is 2.24. The van der Waals surface area contributed by atoms with Gasteiger partial charge >= 0.3 is 0 Å². The fraction of sp³-hybridized carbons (Fsp3) is 0.111. The van der Waals surface area contributed by atoms with Crippen LogP contribution in [0, 0.1) is 0 Å². The Hall–Kier alpha value is -3.16. The molecule has 0 amide bonds. The van der Waals surface area contributed by atoms with Gasteiger partial charge in [-0.05, 0) is 18.2 Å². The van der Waals surface area contributed by atoms with Crippen LogP contribution in [0.1, 0.15) is 11.4 Å². The second-order valence-electron chi connectivity index (χ2n) is 5.57. The van der Waals surface area contributed by atoms with Crippen molar-refractivity contribution in [3.05, 3.63) is 66.4 Å². The van der Waals surface area contributed by atoms with Crippen LogP contribution in [0.2, 0.25) is 0 Å². The van der Waals surface area contributed by atoms with Gasteiger partial charge < -0.3 is 10.8 Å². The lowest BCUT2D eigenvalue weighted by atomic mass is 10.1. The Bertz CT molecular complexity index is 1040. The van der Waals surface area contributed by atoms with Gasteiger partial charge in [-0.2, -0.15) is 5.10 Å². The van der Waals surface area contributed by atoms with Crippen LogP contribution in [0.5, 0.6) is 0 Å². The standard InChI is InChI=1S/C18H16N6O/c19-7-15-9-20-10-16(22-15)12-4-5-13-8-21-24(17(13)6-12)18-3-1-2-14(11-25)23-18/h1-6,8-10,25H,7,11,19H2. The van der Waals surface area contributed by atoms with Gasteiger partial charge in [0.25, 0.3) is 0 Å². The Morgan fingerprint density at radius 1 is 1.00 bits per heavy atom. The summed E-state index contributed by atoms with van der Waals surface area (Å²) in [6.07, 6.45) is 5.16. The van der Waals surface area contributed by atoms with Gasteiger partial charge in [-0.1, -0.05) is 18.2 Å². The van der Waals surface area contributed by atoms with Crippen molar-refractivity contribution >= 4 is 10.9 Å². The highest BCUT2D eigenvalue weighted by molar-refractivity contribution is 5.84. The number of hydrogen-bond acceptors (Lipinski definition) is 6. The largest absolute Gasteiger partial charge is 0.390 e. The fourth-order valence-electron chi connectivity index (χ4n) is 2.68. The van der Waals surface area contributed by atoms with Gasteiger partial charge in [0.2, 0.25) is 0 Å². The van der Waals surface area contributed by atoms with Crippen LogP contribution in [0.3, 0.4) is 0 Å². The van der Waals surface area contributed by atoms with E-state index < -0.39 is 0 Å². The number of aliphatic hydroxyl groups excluding tert-OH is 1. The van der Waals surface area contributed by atoms with E-state index >= 15 is 0 Å². The van der Waals surface area contributed by atoms with Crippen molar-refractivity contribution in [1.82, 2.24) is 24.7 Å². The monoisotopic (exact) mass is 332 g/mol. The van der Waals surface area contributed by atoms with E-state index in [0.717, 1.165) is 27.9 Å². The Kier molecular flexibility index (Phi) is 3.93. The summed E-state index contributed by atoms with van der Waals surface area (Å²) in [5.74, 6) is 0.653. The molecule has 4 rings (SSSR count). The molecule has 0 atom stereocenters. The molecular formula is C18H16N6O. The van der Waals surface area contributed by atoms with Crippen molar-refractivity contribution in [2.75, 3.05) is 0 Å². The third kappa shape index (κ3) is 2.86. The van der Waals surface area contributed by atoms with Gasteiger partial charge in [0.15, 0.2) is 5.82 Å². The summed E-state index contributed by atoms with van der Waals surface area (Å²) >= 11 is 0. The molecule has 0 spiro atoms. The number of aromatic nitrogens is 5. The van der Waals surface area contributed by atoms with E-state index in [4.69, 9.17) is 5.73 Å². The van der Waals surface area contributed by atoms with E-state index in [1.165, 1.54) is 0 Å². The minimum absolute atomic E-state index is 0.111. The van der Waals surface area contributed by atoms with E-state index in [0.29, 0.717) is 18.1 Å². The first-order valence-electron chi connectivity index (χ1n) is 7.85. The summed E-state index contributed by atoms with van der Waals surface area (Å²) in [5.41, 5.74) is 9.58. The average Bonchev–Trinajstić information content (AvgIpc) is 3.11. The van der Waals surface area contributed by atoms with Crippen molar-refractivity contribution in [3.8, 4) is 17.1 Å². The van der Waals surface area contributed by atoms with Crippen molar-refractivity contribution in [2.45, 2.75) is 13.2 Å². The molecule has 0 radical (unpaired) electrons. The Labute approximate surface area is 143 Å². The minimum Gasteiger partial charge on any atom is -0.390 e. The first-order valence-corrected chi connectivity index (χ1v) is 7.85. The fourth-order valence-corrected chi connectivity index (χ4v) is 2.68. The van der Waals surface area contributed by atoms with Gasteiger partial charge in [-0.15, -0.1) is 0 Å². The summed E-state index contributed by atoms with van der Waals surface area (Å²) in [6.45, 7) is 0.235. The number of pyridine rings is 1. The average molecular weight is 332 g/mol. The van der Waals surface area contributed by atoms with Gasteiger partial charge in [0.1, 0.15) is 0 Å². The quantitative estimate of drug-likeness (QED) is 0.591. The third-order valence-corrected chi connectivity index (χ3v) is 3.93. The Morgan fingerprint density at radius 3 is 2.76 bits per heavy atom. The zero-order valence-electron chi connectivity index (χ0n) is 13.4. The minimum atomic E-state index is -0.111. The second-order valence-corrected chi connectivity index (χ2v) is 5.57. The van der Waals surface area contributed by atoms with Gasteiger partial charge in [-0.25, -0.2) is 14.6 Å². The molecule has 0 saturated carbocycles. The number of benzene rings is 1. The molecule has 0 aliphatic rings. The predicted molar refractivity (Wildman–Crippen MR) is 93.7 cm³/mol. The number of fused-ring (bicyclic) bond motifs is 1. The molecule has 3 N–H and O–H groups in total. The molecule has 0 bridgehead atoms. The van der Waals surface area contributed by atoms with Crippen LogP contribution in [0.4, 0.5) is 0 Å². The van der Waals surface area contributed by atoms with Crippen LogP contribution >= 0.6 is 0 Å². The number of nitrogens with two attached hydrogens (primary N) is 1. The number of rotatable bonds is 4. The van der Waals surface area contributed by atoms with E-state index in [1.54, 1.807) is 29.3 Å². The summed E-state index contributed by atoms with van der Waals surface area (Å²) in [7, 11) is 0. The lowest BCUT2D eigenvalue weighted by Gasteiger charge is -2.06. The molecule has 0 aliphatic heterocycles. The highest BCUT2D eigenvalue weighted by Gasteiger charge is 2.09. The molecule has 7 nitrogen and oxygen atoms in total. The zero-order chi connectivity index (χ0) is 17.2. The molecule has 0 aliphatic carbocycles. The smallest absolute Gasteiger partial charge is 0.154 e. The van der Waals surface area contributed by atoms with E-state index in [9.17, 15) is 5.11 Å². The molecule has 4 aromatic rings. The topological polar surface area (TPSA) is 103 Å². The lowest BCUT2D eigenvalue weighted by molar-refractivity contribution is 0.276. The maximum atomic E-state index is 9.30. The molecule has 3 aromatic heterocycles. The van der Waals surface area contributed by atoms with Crippen molar-refractivity contribution in [1.29, 1.82) is 0 Å². The Morgan fingerprint density at radius 2 is 1.92 bits per heavy atom. The van der Waals surface area contributed by atoms with E-state index in [-0.39, 0.29) is 6.61 Å². The maximum absolute atomic E-state index is 9.30. The second kappa shape index (κ2) is 6.39. The SMILES string of the molecule is NCc1cncc(-c2ccc3cnn(-c4cccc(CO)n4)c3c2)n1. The van der Waals surface area contributed by atoms with E-state index in [1.807, 2.05) is 30.3 Å². The lowest BCUT2D eigenvalue weighted by Crippen LogP contribution is -2.02. The number of aliphatic hydroxyl groups is 1. The summed E-state index contributed by atoms with van der Waals surface area (Å²) in [5, 5.41) is 14.7. The highest BCUT2D eigenvalue weighted by atomic mass is 16.3. The molecule has 0 unspecified atom stereocenters. The van der Waals surface area contributed by atoms with Crippen LogP contribution in [0.15, 0.2) is 55.0 Å². The summed E-state index contributed by atoms with van der Waals surface area (Å²) < 4.78 is 1.75. The van der Waals surface area contributed by atoms with Crippen molar-refractivity contribution in [3.63, 3.8) is 0 Å². The molecule has 3 heterocycles. The summed E-state index contributed by atoms with van der Waals surface area (Å²) in [6, 6.07) is 11.4. The third-order valence-electron chi connectivity index (χ3n) is 3.93. The molecule has 25 heavy (non-hydrogen) atoms. The molecular weight excluding hydrogens is 316 g/mol. The maximum Gasteiger partial charge on any atom is 0.154 e. The molecule has 0 saturated heterocycles. The first-order chi connectivity index (χ1) is 12.3. The number of hydrogen-bond donors (Lipinski definition) is 2. The normalized spacial score (nSPS) is 11.1. The van der Waals surface area contributed by atoms with Crippen molar-refractivity contribution < 1.29 is 5.11 Å². The van der Waals surface area contributed by atoms with Crippen LogP contribution in [0.25, 0.3) is 28.0 Å².